The predicted molar refractivity (Wildman–Crippen MR) is 50.1 cm³/mol. The third-order valence-electron chi connectivity index (χ3n) is 1.88. The molecular formula is C9H10N4O. The fourth-order valence-corrected chi connectivity index (χ4v) is 1.20. The normalized spacial score (nSPS) is 10.4. The highest BCUT2D eigenvalue weighted by molar-refractivity contribution is 6.06. The minimum Gasteiger partial charge on any atom is -0.285 e. The third kappa shape index (κ3) is 1.44. The van der Waals surface area contributed by atoms with E-state index in [1.807, 2.05) is 13.8 Å². The number of carbonyl (C=O) groups excluding carboxylic acids is 1. The number of aromatic nitrogens is 4. The number of carbonyl (C=O) groups is 1. The summed E-state index contributed by atoms with van der Waals surface area (Å²) in [5.41, 5.74) is 2.52. The number of H-pyrrole nitrogens is 2. The molecule has 0 spiro atoms. The molecule has 0 aromatic carbocycles. The summed E-state index contributed by atoms with van der Waals surface area (Å²) in [7, 11) is 0. The largest absolute Gasteiger partial charge is 0.285 e. The second-order valence-corrected chi connectivity index (χ2v) is 3.20. The highest BCUT2D eigenvalue weighted by atomic mass is 16.1. The smallest absolute Gasteiger partial charge is 0.233 e. The number of ketones is 1. The van der Waals surface area contributed by atoms with Crippen molar-refractivity contribution in [1.82, 2.24) is 20.4 Å². The molecule has 2 aromatic heterocycles. The van der Waals surface area contributed by atoms with Crippen LogP contribution in [0.3, 0.4) is 0 Å². The van der Waals surface area contributed by atoms with Gasteiger partial charge < -0.3 is 0 Å². The molecule has 0 fully saturated rings. The van der Waals surface area contributed by atoms with Gasteiger partial charge in [0.05, 0.1) is 0 Å². The summed E-state index contributed by atoms with van der Waals surface area (Å²) in [6.45, 7) is 3.69. The zero-order chi connectivity index (χ0) is 10.1. The summed E-state index contributed by atoms with van der Waals surface area (Å²) in [6, 6.07) is 3.40. The van der Waals surface area contributed by atoms with E-state index in [9.17, 15) is 4.79 Å². The van der Waals surface area contributed by atoms with Crippen LogP contribution in [-0.4, -0.2) is 26.2 Å². The number of nitrogens with zero attached hydrogens (tertiary/aromatic N) is 2. The van der Waals surface area contributed by atoms with Crippen LogP contribution < -0.4 is 0 Å². The topological polar surface area (TPSA) is 74.4 Å². The van der Waals surface area contributed by atoms with Crippen LogP contribution >= 0.6 is 0 Å². The van der Waals surface area contributed by atoms with Crippen molar-refractivity contribution in [2.75, 3.05) is 0 Å². The number of aromatic amines is 2. The van der Waals surface area contributed by atoms with Crippen molar-refractivity contribution < 1.29 is 4.79 Å². The Kier molecular flexibility index (Phi) is 1.92. The maximum absolute atomic E-state index is 11.7. The van der Waals surface area contributed by atoms with Crippen LogP contribution in [0.25, 0.3) is 0 Å². The van der Waals surface area contributed by atoms with E-state index in [2.05, 4.69) is 20.4 Å². The Labute approximate surface area is 80.5 Å². The van der Waals surface area contributed by atoms with E-state index >= 15 is 0 Å². The molecule has 0 aliphatic heterocycles. The Bertz CT molecular complexity index is 426. The van der Waals surface area contributed by atoms with Gasteiger partial charge in [-0.2, -0.15) is 10.2 Å². The molecule has 5 heteroatoms. The third-order valence-corrected chi connectivity index (χ3v) is 1.88. The monoisotopic (exact) mass is 190 g/mol. The fourth-order valence-electron chi connectivity index (χ4n) is 1.20. The molecule has 0 bridgehead atoms. The van der Waals surface area contributed by atoms with Crippen LogP contribution in [0.4, 0.5) is 0 Å². The first-order valence-electron chi connectivity index (χ1n) is 4.25. The van der Waals surface area contributed by atoms with Gasteiger partial charge in [0.25, 0.3) is 0 Å². The summed E-state index contributed by atoms with van der Waals surface area (Å²) in [4.78, 5) is 11.7. The van der Waals surface area contributed by atoms with Gasteiger partial charge in [-0.3, -0.25) is 15.0 Å². The molecule has 0 amide bonds. The van der Waals surface area contributed by atoms with Gasteiger partial charge in [0.2, 0.25) is 5.78 Å². The maximum atomic E-state index is 11.7. The van der Waals surface area contributed by atoms with Crippen LogP contribution in [0.5, 0.6) is 0 Å². The van der Waals surface area contributed by atoms with Crippen LogP contribution in [0.15, 0.2) is 12.1 Å². The number of rotatable bonds is 2. The van der Waals surface area contributed by atoms with Gasteiger partial charge in [-0.1, -0.05) is 0 Å². The van der Waals surface area contributed by atoms with Gasteiger partial charge in [0.15, 0.2) is 0 Å². The van der Waals surface area contributed by atoms with Gasteiger partial charge >= 0.3 is 0 Å². The molecular weight excluding hydrogens is 180 g/mol. The van der Waals surface area contributed by atoms with E-state index < -0.39 is 0 Å². The lowest BCUT2D eigenvalue weighted by Gasteiger charge is -1.87. The van der Waals surface area contributed by atoms with E-state index in [4.69, 9.17) is 0 Å². The van der Waals surface area contributed by atoms with Crippen LogP contribution in [0, 0.1) is 13.8 Å². The molecule has 0 atom stereocenters. The Morgan fingerprint density at radius 1 is 1.07 bits per heavy atom. The Morgan fingerprint density at radius 3 is 1.79 bits per heavy atom. The Morgan fingerprint density at radius 2 is 1.50 bits per heavy atom. The minimum absolute atomic E-state index is 0.168. The molecule has 2 heterocycles. The molecule has 5 nitrogen and oxygen atoms in total. The molecule has 2 N–H and O–H groups in total. The van der Waals surface area contributed by atoms with E-state index in [0.29, 0.717) is 11.4 Å². The summed E-state index contributed by atoms with van der Waals surface area (Å²) in [6.07, 6.45) is 0. The number of aryl methyl sites for hydroxylation is 2. The van der Waals surface area contributed by atoms with Crippen molar-refractivity contribution in [3.05, 3.63) is 34.9 Å². The summed E-state index contributed by atoms with van der Waals surface area (Å²) in [5, 5.41) is 13.2. The first-order valence-corrected chi connectivity index (χ1v) is 4.25. The SMILES string of the molecule is Cc1cc(C(=O)c2cc(C)[nH]n2)n[nH]1. The van der Waals surface area contributed by atoms with Crippen molar-refractivity contribution in [2.45, 2.75) is 13.8 Å². The lowest BCUT2D eigenvalue weighted by Crippen LogP contribution is -2.02. The van der Waals surface area contributed by atoms with E-state index in [1.54, 1.807) is 12.1 Å². The maximum Gasteiger partial charge on any atom is 0.233 e. The molecule has 0 unspecified atom stereocenters. The summed E-state index contributed by atoms with van der Waals surface area (Å²) < 4.78 is 0. The first-order chi connectivity index (χ1) is 6.66. The lowest BCUT2D eigenvalue weighted by molar-refractivity contribution is 0.102. The predicted octanol–water partition coefficient (Wildman–Crippen LogP) is 0.981. The van der Waals surface area contributed by atoms with Gasteiger partial charge in [-0.15, -0.1) is 0 Å². The Balaban J connectivity index is 2.33. The second-order valence-electron chi connectivity index (χ2n) is 3.20. The summed E-state index contributed by atoms with van der Waals surface area (Å²) >= 11 is 0. The molecule has 14 heavy (non-hydrogen) atoms. The number of hydrogen-bond acceptors (Lipinski definition) is 3. The lowest BCUT2D eigenvalue weighted by atomic mass is 10.2. The van der Waals surface area contributed by atoms with Crippen LogP contribution in [-0.2, 0) is 0 Å². The van der Waals surface area contributed by atoms with Gasteiger partial charge in [0, 0.05) is 11.4 Å². The van der Waals surface area contributed by atoms with Gasteiger partial charge in [-0.05, 0) is 26.0 Å². The van der Waals surface area contributed by atoms with E-state index in [-0.39, 0.29) is 5.78 Å². The van der Waals surface area contributed by atoms with Crippen molar-refractivity contribution in [3.63, 3.8) is 0 Å². The molecule has 0 saturated heterocycles. The van der Waals surface area contributed by atoms with Gasteiger partial charge in [0.1, 0.15) is 11.4 Å². The molecule has 2 aromatic rings. The number of nitrogens with one attached hydrogen (secondary N) is 2. The average Bonchev–Trinajstić information content (AvgIpc) is 2.73. The van der Waals surface area contributed by atoms with E-state index in [1.165, 1.54) is 0 Å². The molecule has 0 saturated carbocycles. The average molecular weight is 190 g/mol. The van der Waals surface area contributed by atoms with E-state index in [0.717, 1.165) is 11.4 Å². The van der Waals surface area contributed by atoms with Crippen molar-refractivity contribution in [2.24, 2.45) is 0 Å². The van der Waals surface area contributed by atoms with Crippen molar-refractivity contribution in [1.29, 1.82) is 0 Å². The molecule has 0 radical (unpaired) electrons. The highest BCUT2D eigenvalue weighted by Gasteiger charge is 2.14. The standard InChI is InChI=1S/C9H10N4O/c1-5-3-7(12-10-5)9(14)8-4-6(2)11-13-8/h3-4H,1-2H3,(H,10,12)(H,11,13). The first kappa shape index (κ1) is 8.68. The molecule has 0 aliphatic rings. The zero-order valence-corrected chi connectivity index (χ0v) is 7.96. The highest BCUT2D eigenvalue weighted by Crippen LogP contribution is 2.06. The second kappa shape index (κ2) is 3.10. The van der Waals surface area contributed by atoms with Gasteiger partial charge in [-0.25, -0.2) is 0 Å². The summed E-state index contributed by atoms with van der Waals surface area (Å²) in [5.74, 6) is -0.168. The van der Waals surface area contributed by atoms with Crippen molar-refractivity contribution in [3.8, 4) is 0 Å². The fraction of sp³-hybridized carbons (Fsp3) is 0.222. The van der Waals surface area contributed by atoms with Crippen LogP contribution in [0.2, 0.25) is 0 Å². The molecule has 0 aliphatic carbocycles. The zero-order valence-electron chi connectivity index (χ0n) is 7.96. The quantitative estimate of drug-likeness (QED) is 0.693. The van der Waals surface area contributed by atoms with Crippen molar-refractivity contribution >= 4 is 5.78 Å². The molecule has 72 valence electrons. The van der Waals surface area contributed by atoms with Crippen LogP contribution in [0.1, 0.15) is 27.6 Å². The Hall–Kier alpha value is -1.91. The molecule has 2 rings (SSSR count). The number of hydrogen-bond donors (Lipinski definition) is 2. The minimum atomic E-state index is -0.168.